The molecule has 1 N–H and O–H groups in total. The van der Waals surface area contributed by atoms with E-state index in [0.29, 0.717) is 53.6 Å². The minimum atomic E-state index is -0.0122. The van der Waals surface area contributed by atoms with Gasteiger partial charge in [-0.05, 0) is 66.8 Å². The summed E-state index contributed by atoms with van der Waals surface area (Å²) in [7, 11) is 0. The van der Waals surface area contributed by atoms with Crippen molar-refractivity contribution >= 4 is 34.5 Å². The van der Waals surface area contributed by atoms with E-state index >= 15 is 0 Å². The van der Waals surface area contributed by atoms with Crippen LogP contribution in [-0.4, -0.2) is 34.8 Å². The van der Waals surface area contributed by atoms with Crippen LogP contribution in [0.4, 0.5) is 0 Å². The number of piperidine rings is 1. The summed E-state index contributed by atoms with van der Waals surface area (Å²) in [5, 5.41) is 3.66. The van der Waals surface area contributed by atoms with Crippen molar-refractivity contribution in [3.63, 3.8) is 0 Å². The monoisotopic (exact) mass is 487 g/mol. The summed E-state index contributed by atoms with van der Waals surface area (Å²) in [6.07, 6.45) is 2.09. The number of oxazole rings is 1. The molecule has 5 rings (SSSR count). The predicted molar refractivity (Wildman–Crippen MR) is 136 cm³/mol. The summed E-state index contributed by atoms with van der Waals surface area (Å²) >= 11 is 5.90. The number of hydrogen-bond donors (Lipinski definition) is 1. The van der Waals surface area contributed by atoms with Gasteiger partial charge in [-0.3, -0.25) is 9.59 Å². The fraction of sp³-hybridized carbons (Fsp3) is 0.250. The highest BCUT2D eigenvalue weighted by Crippen LogP contribution is 2.26. The van der Waals surface area contributed by atoms with Gasteiger partial charge in [-0.15, -0.1) is 0 Å². The molecule has 2 heterocycles. The molecule has 0 atom stereocenters. The predicted octanol–water partition coefficient (Wildman–Crippen LogP) is 5.71. The Morgan fingerprint density at radius 2 is 1.74 bits per heavy atom. The van der Waals surface area contributed by atoms with Crippen LogP contribution in [0, 0.1) is 5.92 Å². The van der Waals surface area contributed by atoms with E-state index in [2.05, 4.69) is 10.3 Å². The number of nitrogens with zero attached hydrogens (tertiary/aromatic N) is 2. The van der Waals surface area contributed by atoms with Crippen LogP contribution in [0.5, 0.6) is 0 Å². The van der Waals surface area contributed by atoms with Gasteiger partial charge in [-0.1, -0.05) is 41.9 Å². The Kier molecular flexibility index (Phi) is 6.82. The molecule has 0 saturated carbocycles. The first-order chi connectivity index (χ1) is 17.0. The first-order valence-corrected chi connectivity index (χ1v) is 12.2. The van der Waals surface area contributed by atoms with E-state index in [4.69, 9.17) is 16.0 Å². The van der Waals surface area contributed by atoms with Gasteiger partial charge in [0.1, 0.15) is 5.52 Å². The lowest BCUT2D eigenvalue weighted by atomic mass is 9.92. The summed E-state index contributed by atoms with van der Waals surface area (Å²) in [6.45, 7) is 1.77. The molecular weight excluding hydrogens is 462 g/mol. The lowest BCUT2D eigenvalue weighted by molar-refractivity contribution is -0.122. The molecule has 0 unspecified atom stereocenters. The van der Waals surface area contributed by atoms with Crippen molar-refractivity contribution < 1.29 is 14.0 Å². The van der Waals surface area contributed by atoms with Gasteiger partial charge < -0.3 is 14.6 Å². The number of halogens is 1. The maximum Gasteiger partial charge on any atom is 0.253 e. The van der Waals surface area contributed by atoms with Crippen LogP contribution in [0.3, 0.4) is 0 Å². The second kappa shape index (κ2) is 10.3. The Morgan fingerprint density at radius 3 is 2.49 bits per heavy atom. The third kappa shape index (κ3) is 5.54. The summed E-state index contributed by atoms with van der Waals surface area (Å²) < 4.78 is 5.86. The molecule has 1 aromatic heterocycles. The van der Waals surface area contributed by atoms with E-state index in [1.165, 1.54) is 0 Å². The fourth-order valence-corrected chi connectivity index (χ4v) is 4.55. The Bertz CT molecular complexity index is 1330. The Labute approximate surface area is 208 Å². The van der Waals surface area contributed by atoms with E-state index in [1.807, 2.05) is 59.5 Å². The molecule has 178 valence electrons. The molecule has 0 spiro atoms. The molecule has 0 bridgehead atoms. The van der Waals surface area contributed by atoms with Crippen molar-refractivity contribution in [2.24, 2.45) is 5.92 Å². The molecule has 1 fully saturated rings. The first-order valence-electron chi connectivity index (χ1n) is 11.8. The smallest absolute Gasteiger partial charge is 0.253 e. The summed E-state index contributed by atoms with van der Waals surface area (Å²) in [5.41, 5.74) is 3.84. The van der Waals surface area contributed by atoms with Gasteiger partial charge >= 0.3 is 0 Å². The minimum absolute atomic E-state index is 0.0122. The molecule has 3 aromatic carbocycles. The van der Waals surface area contributed by atoms with Crippen molar-refractivity contribution in [1.82, 2.24) is 15.2 Å². The Balaban J connectivity index is 1.14. The zero-order valence-electron chi connectivity index (χ0n) is 19.2. The molecule has 1 aliphatic rings. The van der Waals surface area contributed by atoms with Crippen LogP contribution in [0.2, 0.25) is 5.02 Å². The van der Waals surface area contributed by atoms with Gasteiger partial charge in [-0.2, -0.15) is 0 Å². The summed E-state index contributed by atoms with van der Waals surface area (Å²) in [6, 6.07) is 22.5. The van der Waals surface area contributed by atoms with Crippen LogP contribution in [0.1, 0.15) is 35.2 Å². The van der Waals surface area contributed by atoms with Gasteiger partial charge in [0, 0.05) is 42.2 Å². The molecule has 1 aliphatic heterocycles. The van der Waals surface area contributed by atoms with Crippen LogP contribution < -0.4 is 5.32 Å². The third-order valence-corrected chi connectivity index (χ3v) is 6.69. The second-order valence-electron chi connectivity index (χ2n) is 8.91. The number of aromatic nitrogens is 1. The normalized spacial score (nSPS) is 14.3. The zero-order chi connectivity index (χ0) is 24.2. The van der Waals surface area contributed by atoms with Crippen molar-refractivity contribution in [1.29, 1.82) is 0 Å². The number of hydrogen-bond acceptors (Lipinski definition) is 4. The van der Waals surface area contributed by atoms with Crippen molar-refractivity contribution in [3.05, 3.63) is 88.9 Å². The molecule has 0 radical (unpaired) electrons. The Hall–Kier alpha value is -3.64. The minimum Gasteiger partial charge on any atom is -0.436 e. The van der Waals surface area contributed by atoms with Crippen LogP contribution in [-0.2, 0) is 11.3 Å². The quantitative estimate of drug-likeness (QED) is 0.378. The highest BCUT2D eigenvalue weighted by Gasteiger charge is 2.25. The molecule has 35 heavy (non-hydrogen) atoms. The van der Waals surface area contributed by atoms with Gasteiger partial charge in [-0.25, -0.2) is 4.98 Å². The highest BCUT2D eigenvalue weighted by molar-refractivity contribution is 6.30. The lowest BCUT2D eigenvalue weighted by Crippen LogP contribution is -2.39. The fourth-order valence-electron chi connectivity index (χ4n) is 4.42. The number of fused-ring (bicyclic) bond motifs is 1. The van der Waals surface area contributed by atoms with Crippen molar-refractivity contribution in [2.45, 2.75) is 25.8 Å². The number of benzene rings is 3. The highest BCUT2D eigenvalue weighted by atomic mass is 35.5. The van der Waals surface area contributed by atoms with E-state index in [0.717, 1.165) is 24.0 Å². The van der Waals surface area contributed by atoms with Crippen LogP contribution in [0.15, 0.2) is 77.2 Å². The van der Waals surface area contributed by atoms with Crippen molar-refractivity contribution in [2.75, 3.05) is 13.1 Å². The van der Waals surface area contributed by atoms with E-state index in [1.54, 1.807) is 18.2 Å². The van der Waals surface area contributed by atoms with E-state index in [-0.39, 0.29) is 17.7 Å². The summed E-state index contributed by atoms with van der Waals surface area (Å²) in [4.78, 5) is 31.9. The number of amides is 2. The summed E-state index contributed by atoms with van der Waals surface area (Å²) in [5.74, 6) is 0.841. The maximum atomic E-state index is 13.1. The topological polar surface area (TPSA) is 75.4 Å². The number of nitrogens with one attached hydrogen (secondary N) is 1. The SMILES string of the molecule is O=C(CC1CCN(C(=O)c2ccc3oc(-c4ccccc4)nc3c2)CC1)NCc1ccc(Cl)cc1. The molecular formula is C28H26ClN3O3. The lowest BCUT2D eigenvalue weighted by Gasteiger charge is -2.31. The molecule has 7 heteroatoms. The van der Waals surface area contributed by atoms with Crippen molar-refractivity contribution in [3.8, 4) is 11.5 Å². The number of rotatable bonds is 6. The molecule has 0 aliphatic carbocycles. The Morgan fingerprint density at radius 1 is 1.00 bits per heavy atom. The number of carbonyl (C=O) groups is 2. The molecule has 6 nitrogen and oxygen atoms in total. The second-order valence-corrected chi connectivity index (χ2v) is 9.35. The van der Waals surface area contributed by atoms with Gasteiger partial charge in [0.2, 0.25) is 11.8 Å². The largest absolute Gasteiger partial charge is 0.436 e. The molecule has 4 aromatic rings. The van der Waals surface area contributed by atoms with E-state index in [9.17, 15) is 9.59 Å². The number of carbonyl (C=O) groups excluding carboxylic acids is 2. The van der Waals surface area contributed by atoms with Gasteiger partial charge in [0.05, 0.1) is 0 Å². The van der Waals surface area contributed by atoms with E-state index < -0.39 is 0 Å². The maximum absolute atomic E-state index is 13.1. The average Bonchev–Trinajstić information content (AvgIpc) is 3.32. The van der Waals surface area contributed by atoms with Crippen LogP contribution >= 0.6 is 11.6 Å². The molecule has 2 amide bonds. The average molecular weight is 488 g/mol. The third-order valence-electron chi connectivity index (χ3n) is 6.43. The molecule has 1 saturated heterocycles. The van der Waals surface area contributed by atoms with Gasteiger partial charge in [0.15, 0.2) is 5.58 Å². The van der Waals surface area contributed by atoms with Crippen LogP contribution in [0.25, 0.3) is 22.6 Å². The first kappa shape index (κ1) is 23.1. The standard InChI is InChI=1S/C28H26ClN3O3/c29-23-9-6-20(7-10-23)18-30-26(33)16-19-12-14-32(15-13-19)28(34)22-8-11-25-24(17-22)31-27(35-25)21-4-2-1-3-5-21/h1-11,17,19H,12-16,18H2,(H,30,33). The zero-order valence-corrected chi connectivity index (χ0v) is 20.0. The van der Waals surface area contributed by atoms with Gasteiger partial charge in [0.25, 0.3) is 5.91 Å². The number of likely N-dealkylation sites (tertiary alicyclic amines) is 1.